The Hall–Kier alpha value is -2.65. The third-order valence-electron chi connectivity index (χ3n) is 12.1. The molecule has 1 aromatic rings. The largest absolute Gasteiger partial charge is 0.445 e. The predicted octanol–water partition coefficient (Wildman–Crippen LogP) is 4.44. The Morgan fingerprint density at radius 2 is 1.93 bits per heavy atom. The van der Waals surface area contributed by atoms with Gasteiger partial charge in [-0.1, -0.05) is 33.8 Å². The van der Waals surface area contributed by atoms with Crippen molar-refractivity contribution in [2.75, 3.05) is 19.6 Å². The van der Waals surface area contributed by atoms with Crippen LogP contribution < -0.4 is 5.32 Å². The number of aliphatic hydroxyl groups is 2. The number of ketones is 1. The Balaban J connectivity index is 1.36. The summed E-state index contributed by atoms with van der Waals surface area (Å²) >= 11 is 1.39. The zero-order valence-corrected chi connectivity index (χ0v) is 27.1. The molecule has 240 valence electrons. The zero-order chi connectivity index (χ0) is 32.0. The maximum atomic E-state index is 13.4. The number of likely N-dealkylation sites (tertiary alicyclic amines) is 1. The lowest BCUT2D eigenvalue weighted by atomic mass is 9.60. The van der Waals surface area contributed by atoms with Crippen LogP contribution in [-0.4, -0.2) is 75.8 Å². The molecule has 11 heteroatoms. The summed E-state index contributed by atoms with van der Waals surface area (Å²) < 4.78 is 6.12. The number of fused-ring (bicyclic) bond motifs is 1. The van der Waals surface area contributed by atoms with Crippen molar-refractivity contribution in [3.8, 4) is 6.07 Å². The first kappa shape index (κ1) is 32.7. The van der Waals surface area contributed by atoms with Crippen molar-refractivity contribution in [2.24, 2.45) is 34.0 Å². The number of aliphatic hydroxyl groups excluding tert-OH is 2. The molecule has 0 spiro atoms. The van der Waals surface area contributed by atoms with Gasteiger partial charge in [0.25, 0.3) is 5.91 Å². The van der Waals surface area contributed by atoms with E-state index in [4.69, 9.17) is 10.00 Å². The molecule has 0 aromatic carbocycles. The number of nitrogens with zero attached hydrogens (tertiary/aromatic N) is 3. The fraction of sp³-hybridized carbons (Fsp3) is 0.727. The lowest BCUT2D eigenvalue weighted by Gasteiger charge is -2.47. The van der Waals surface area contributed by atoms with E-state index in [0.717, 1.165) is 37.4 Å². The van der Waals surface area contributed by atoms with E-state index in [-0.39, 0.29) is 35.7 Å². The molecule has 2 heterocycles. The molecule has 3 saturated carbocycles. The van der Waals surface area contributed by atoms with Gasteiger partial charge in [0.05, 0.1) is 23.7 Å². The van der Waals surface area contributed by atoms with Gasteiger partial charge >= 0.3 is 6.09 Å². The van der Waals surface area contributed by atoms with Crippen molar-refractivity contribution < 1.29 is 29.3 Å². The number of hydrogen-bond donors (Lipinski definition) is 3. The topological polar surface area (TPSA) is 153 Å². The van der Waals surface area contributed by atoms with E-state index in [2.05, 4.69) is 34.8 Å². The molecule has 2 unspecified atom stereocenters. The summed E-state index contributed by atoms with van der Waals surface area (Å²) in [5, 5.41) is 36.4. The molecule has 1 aliphatic heterocycles. The molecule has 3 N–H and O–H groups in total. The van der Waals surface area contributed by atoms with Crippen molar-refractivity contribution >= 4 is 29.1 Å². The molecule has 0 radical (unpaired) electrons. The fourth-order valence-corrected chi connectivity index (χ4v) is 9.66. The van der Waals surface area contributed by atoms with Gasteiger partial charge in [-0.25, -0.2) is 9.78 Å². The third kappa shape index (κ3) is 5.63. The van der Waals surface area contributed by atoms with Crippen LogP contribution >= 0.6 is 11.3 Å². The van der Waals surface area contributed by atoms with Crippen LogP contribution in [0.4, 0.5) is 4.79 Å². The molecule has 2 amide bonds. The van der Waals surface area contributed by atoms with Gasteiger partial charge in [-0.05, 0) is 75.3 Å². The van der Waals surface area contributed by atoms with Crippen molar-refractivity contribution in [1.82, 2.24) is 15.2 Å². The Labute approximate surface area is 263 Å². The van der Waals surface area contributed by atoms with Gasteiger partial charge in [-0.3, -0.25) is 19.8 Å². The van der Waals surface area contributed by atoms with Crippen molar-refractivity contribution in [3.05, 3.63) is 28.7 Å². The molecular formula is C33H46N4O6S. The summed E-state index contributed by atoms with van der Waals surface area (Å²) in [6.45, 7) is 14.1. The summed E-state index contributed by atoms with van der Waals surface area (Å²) in [5.41, 5.74) is -1.92. The molecular weight excluding hydrogens is 580 g/mol. The highest BCUT2D eigenvalue weighted by Crippen LogP contribution is 2.63. The lowest BCUT2D eigenvalue weighted by molar-refractivity contribution is -0.130. The number of hydrogen-bond acceptors (Lipinski definition) is 10. The number of carbonyl (C=O) groups excluding carboxylic acids is 3. The van der Waals surface area contributed by atoms with Crippen LogP contribution in [0.1, 0.15) is 94.1 Å². The normalized spacial score (nSPS) is 39.7. The average Bonchev–Trinajstić information content (AvgIpc) is 3.56. The van der Waals surface area contributed by atoms with E-state index in [1.165, 1.54) is 11.3 Å². The van der Waals surface area contributed by atoms with Crippen LogP contribution in [0.3, 0.4) is 0 Å². The molecule has 4 fully saturated rings. The summed E-state index contributed by atoms with van der Waals surface area (Å²) in [4.78, 5) is 46.6. The quantitative estimate of drug-likeness (QED) is 0.318. The van der Waals surface area contributed by atoms with Crippen molar-refractivity contribution in [1.29, 1.82) is 5.26 Å². The molecule has 1 saturated heterocycles. The van der Waals surface area contributed by atoms with Crippen LogP contribution in [0.5, 0.6) is 0 Å². The molecule has 1 aromatic heterocycles. The van der Waals surface area contributed by atoms with E-state index < -0.39 is 52.5 Å². The van der Waals surface area contributed by atoms with E-state index >= 15 is 0 Å². The Morgan fingerprint density at radius 1 is 1.23 bits per heavy atom. The van der Waals surface area contributed by atoms with Gasteiger partial charge < -0.3 is 14.9 Å². The number of piperidine rings is 1. The van der Waals surface area contributed by atoms with Crippen LogP contribution in [0.25, 0.3) is 0 Å². The standard InChI is InChI=1S/C33H46N4O6S/c1-6-31(4)17-25(32(5)15-22-26(39)24(38)16-33(22,10-7-19(32)2)20(3)27(31)40)43-30(42)36-28(41)23-18-44-29(35-23)21-8-12-37(13-9-21)14-11-34/h6,18-22,24-25,27,38,40H,1,7-10,12-17H2,2-5H3,(H,36,41,42)/t19?,20-,22?,24-,25+,27-,31+,32-,33-/m0/s1. The van der Waals surface area contributed by atoms with E-state index in [0.29, 0.717) is 25.8 Å². The average molecular weight is 627 g/mol. The maximum Gasteiger partial charge on any atom is 0.414 e. The minimum atomic E-state index is -1.07. The van der Waals surface area contributed by atoms with E-state index in [9.17, 15) is 24.6 Å². The van der Waals surface area contributed by atoms with Crippen LogP contribution in [-0.2, 0) is 9.53 Å². The second-order valence-electron chi connectivity index (χ2n) is 14.3. The number of aromatic nitrogens is 1. The van der Waals surface area contributed by atoms with E-state index in [1.54, 1.807) is 11.5 Å². The number of nitrogens with one attached hydrogen (secondary N) is 1. The van der Waals surface area contributed by atoms with Crippen molar-refractivity contribution in [3.63, 3.8) is 0 Å². The smallest absolute Gasteiger partial charge is 0.414 e. The second-order valence-corrected chi connectivity index (χ2v) is 15.2. The van der Waals surface area contributed by atoms with Crippen molar-refractivity contribution in [2.45, 2.75) is 96.9 Å². The van der Waals surface area contributed by atoms with Crippen LogP contribution in [0, 0.1) is 45.3 Å². The summed E-state index contributed by atoms with van der Waals surface area (Å²) in [6, 6.07) is 2.18. The number of Topliss-reactive ketones (excluding diaryl/α,β-unsaturated/α-hetero) is 1. The molecule has 44 heavy (non-hydrogen) atoms. The zero-order valence-electron chi connectivity index (χ0n) is 26.3. The SMILES string of the molecule is C=C[C@]1(C)C[C@@H](OC(=O)NC(=O)c2csc(C3CCN(CC#N)CC3)n2)[C@@]2(C)CC3C(=O)[C@@H](O)C[C@@]3(CCC2C)[C@@H](C)[C@@H]1O. The van der Waals surface area contributed by atoms with Crippen LogP contribution in [0.2, 0.25) is 0 Å². The highest BCUT2D eigenvalue weighted by molar-refractivity contribution is 7.09. The maximum absolute atomic E-state index is 13.4. The highest BCUT2D eigenvalue weighted by Gasteiger charge is 2.64. The number of nitriles is 1. The Bertz CT molecular complexity index is 1340. The number of thiazole rings is 1. The van der Waals surface area contributed by atoms with Gasteiger partial charge in [0.2, 0.25) is 0 Å². The second kappa shape index (κ2) is 12.3. The lowest BCUT2D eigenvalue weighted by Crippen LogP contribution is -2.49. The van der Waals surface area contributed by atoms with Gasteiger partial charge in [0.15, 0.2) is 5.78 Å². The number of alkyl carbamates (subject to hydrolysis) is 1. The number of rotatable bonds is 5. The summed E-state index contributed by atoms with van der Waals surface area (Å²) in [7, 11) is 0. The Morgan fingerprint density at radius 3 is 2.59 bits per heavy atom. The van der Waals surface area contributed by atoms with Gasteiger partial charge in [0.1, 0.15) is 17.9 Å². The van der Waals surface area contributed by atoms with Gasteiger partial charge in [-0.2, -0.15) is 5.26 Å². The van der Waals surface area contributed by atoms with Gasteiger partial charge in [0, 0.05) is 28.0 Å². The minimum absolute atomic E-state index is 0.0700. The van der Waals surface area contributed by atoms with E-state index in [1.807, 2.05) is 20.8 Å². The fourth-order valence-electron chi connectivity index (χ4n) is 8.69. The summed E-state index contributed by atoms with van der Waals surface area (Å²) in [6.07, 6.45) is 2.28. The highest BCUT2D eigenvalue weighted by atomic mass is 32.1. The Kier molecular flexibility index (Phi) is 9.13. The monoisotopic (exact) mass is 626 g/mol. The first-order valence-electron chi connectivity index (χ1n) is 15.9. The molecule has 3 aliphatic carbocycles. The number of amides is 2. The molecule has 2 bridgehead atoms. The predicted molar refractivity (Wildman–Crippen MR) is 165 cm³/mol. The number of carbonyl (C=O) groups is 3. The molecule has 10 nitrogen and oxygen atoms in total. The molecule has 5 rings (SSSR count). The van der Waals surface area contributed by atoms with Crippen LogP contribution in [0.15, 0.2) is 18.0 Å². The number of imide groups is 1. The first-order valence-corrected chi connectivity index (χ1v) is 16.8. The van der Waals surface area contributed by atoms with Gasteiger partial charge in [-0.15, -0.1) is 17.9 Å². The molecule has 9 atom stereocenters. The minimum Gasteiger partial charge on any atom is -0.445 e. The summed E-state index contributed by atoms with van der Waals surface area (Å²) in [5.74, 6) is -1.33. The molecule has 4 aliphatic rings. The third-order valence-corrected chi connectivity index (χ3v) is 13.1. The number of ether oxygens (including phenoxy) is 1. The first-order chi connectivity index (χ1) is 20.8.